The number of halogens is 1. The monoisotopic (exact) mass is 406 g/mol. The van der Waals surface area contributed by atoms with Gasteiger partial charge >= 0.3 is 0 Å². The summed E-state index contributed by atoms with van der Waals surface area (Å²) in [4.78, 5) is 0.199. The Morgan fingerprint density at radius 1 is 1.26 bits per heavy atom. The van der Waals surface area contributed by atoms with E-state index in [0.29, 0.717) is 29.7 Å². The normalized spacial score (nSPS) is 17.6. The van der Waals surface area contributed by atoms with Crippen LogP contribution in [0.25, 0.3) is 0 Å². The van der Waals surface area contributed by atoms with Gasteiger partial charge in [0.1, 0.15) is 23.1 Å². The van der Waals surface area contributed by atoms with Crippen molar-refractivity contribution < 1.29 is 17.9 Å². The van der Waals surface area contributed by atoms with E-state index >= 15 is 0 Å². The minimum atomic E-state index is -3.59. The van der Waals surface area contributed by atoms with E-state index in [2.05, 4.69) is 0 Å². The van der Waals surface area contributed by atoms with Crippen molar-refractivity contribution in [2.24, 2.45) is 0 Å². The predicted octanol–water partition coefficient (Wildman–Crippen LogP) is 3.80. The maximum Gasteiger partial charge on any atom is 0.243 e. The molecule has 2 aromatic carbocycles. The van der Waals surface area contributed by atoms with Gasteiger partial charge in [-0.2, -0.15) is 9.57 Å². The molecule has 1 aliphatic rings. The summed E-state index contributed by atoms with van der Waals surface area (Å²) in [7, 11) is -2.02. The standard InChI is InChI=1S/C19H19ClN2O4S/c1-25-13-14-4-3-11-22(14)27(23,24)16-9-7-15(8-10-16)26-19-6-2-5-18(20)17(19)12-21/h2,5-10,14H,3-4,11,13H2,1H3/t14-/m1/s1. The third-order valence-corrected chi connectivity index (χ3v) is 6.71. The summed E-state index contributed by atoms with van der Waals surface area (Å²) in [6, 6.07) is 12.9. The van der Waals surface area contributed by atoms with Crippen molar-refractivity contribution in [3.8, 4) is 17.6 Å². The first-order valence-corrected chi connectivity index (χ1v) is 10.3. The van der Waals surface area contributed by atoms with E-state index in [1.54, 1.807) is 37.4 Å². The maximum atomic E-state index is 12.9. The van der Waals surface area contributed by atoms with Gasteiger partial charge in [0.05, 0.1) is 16.5 Å². The minimum Gasteiger partial charge on any atom is -0.456 e. The fourth-order valence-electron chi connectivity index (χ4n) is 3.12. The molecule has 0 aromatic heterocycles. The first-order chi connectivity index (χ1) is 13.0. The van der Waals surface area contributed by atoms with Crippen molar-refractivity contribution in [2.45, 2.75) is 23.8 Å². The van der Waals surface area contributed by atoms with E-state index in [-0.39, 0.29) is 16.5 Å². The number of rotatable bonds is 6. The predicted molar refractivity (Wildman–Crippen MR) is 101 cm³/mol. The van der Waals surface area contributed by atoms with Crippen molar-refractivity contribution in [3.63, 3.8) is 0 Å². The van der Waals surface area contributed by atoms with Gasteiger partial charge in [-0.25, -0.2) is 8.42 Å². The van der Waals surface area contributed by atoms with E-state index in [9.17, 15) is 13.7 Å². The number of hydrogen-bond donors (Lipinski definition) is 0. The molecule has 0 unspecified atom stereocenters. The topological polar surface area (TPSA) is 79.6 Å². The second-order valence-corrected chi connectivity index (χ2v) is 8.46. The van der Waals surface area contributed by atoms with Crippen LogP contribution >= 0.6 is 11.6 Å². The summed E-state index contributed by atoms with van der Waals surface area (Å²) in [5, 5.41) is 9.51. The Morgan fingerprint density at radius 2 is 2.00 bits per heavy atom. The van der Waals surface area contributed by atoms with Gasteiger partial charge in [0.15, 0.2) is 0 Å². The van der Waals surface area contributed by atoms with Crippen molar-refractivity contribution in [2.75, 3.05) is 20.3 Å². The van der Waals surface area contributed by atoms with Crippen molar-refractivity contribution in [1.82, 2.24) is 4.31 Å². The molecule has 27 heavy (non-hydrogen) atoms. The fraction of sp³-hybridized carbons (Fsp3) is 0.316. The van der Waals surface area contributed by atoms with Crippen LogP contribution in [-0.4, -0.2) is 39.0 Å². The second kappa shape index (κ2) is 8.28. The molecule has 8 heteroatoms. The van der Waals surface area contributed by atoms with Crippen molar-refractivity contribution in [1.29, 1.82) is 5.26 Å². The Hall–Kier alpha value is -2.11. The molecular formula is C19H19ClN2O4S. The Balaban J connectivity index is 1.82. The molecule has 1 fully saturated rings. The van der Waals surface area contributed by atoms with E-state index in [4.69, 9.17) is 21.1 Å². The van der Waals surface area contributed by atoms with Gasteiger partial charge < -0.3 is 9.47 Å². The van der Waals surface area contributed by atoms with E-state index in [1.165, 1.54) is 16.4 Å². The molecule has 1 atom stereocenters. The third-order valence-electron chi connectivity index (χ3n) is 4.43. The van der Waals surface area contributed by atoms with Crippen LogP contribution < -0.4 is 4.74 Å². The van der Waals surface area contributed by atoms with E-state index in [1.807, 2.05) is 6.07 Å². The van der Waals surface area contributed by atoms with Gasteiger partial charge in [-0.15, -0.1) is 0 Å². The lowest BCUT2D eigenvalue weighted by molar-refractivity contribution is 0.149. The highest BCUT2D eigenvalue weighted by molar-refractivity contribution is 7.89. The zero-order chi connectivity index (χ0) is 19.4. The molecule has 0 radical (unpaired) electrons. The SMILES string of the molecule is COC[C@H]1CCCN1S(=O)(=O)c1ccc(Oc2cccc(Cl)c2C#N)cc1. The second-order valence-electron chi connectivity index (χ2n) is 6.17. The van der Waals surface area contributed by atoms with Crippen LogP contribution in [0.5, 0.6) is 11.5 Å². The first-order valence-electron chi connectivity index (χ1n) is 8.44. The molecule has 0 aliphatic carbocycles. The number of nitriles is 1. The molecule has 0 amide bonds. The lowest BCUT2D eigenvalue weighted by atomic mass is 10.2. The zero-order valence-corrected chi connectivity index (χ0v) is 16.3. The molecule has 1 saturated heterocycles. The van der Waals surface area contributed by atoms with Crippen LogP contribution in [0, 0.1) is 11.3 Å². The zero-order valence-electron chi connectivity index (χ0n) is 14.8. The Morgan fingerprint density at radius 3 is 2.67 bits per heavy atom. The average Bonchev–Trinajstić information content (AvgIpc) is 3.12. The molecule has 3 rings (SSSR count). The van der Waals surface area contributed by atoms with Crippen LogP contribution in [0.2, 0.25) is 5.02 Å². The molecule has 1 heterocycles. The smallest absolute Gasteiger partial charge is 0.243 e. The van der Waals surface area contributed by atoms with Crippen molar-refractivity contribution >= 4 is 21.6 Å². The molecule has 6 nitrogen and oxygen atoms in total. The maximum absolute atomic E-state index is 12.9. The summed E-state index contributed by atoms with van der Waals surface area (Å²) >= 11 is 6.00. The van der Waals surface area contributed by atoms with Gasteiger partial charge in [-0.3, -0.25) is 0 Å². The number of nitrogens with zero attached hydrogens (tertiary/aromatic N) is 2. The molecule has 142 valence electrons. The Bertz CT molecular complexity index is 955. The number of benzene rings is 2. The lowest BCUT2D eigenvalue weighted by Gasteiger charge is -2.23. The summed E-state index contributed by atoms with van der Waals surface area (Å²) in [5.41, 5.74) is 0.232. The molecular weight excluding hydrogens is 388 g/mol. The van der Waals surface area contributed by atoms with E-state index < -0.39 is 10.0 Å². The highest BCUT2D eigenvalue weighted by Crippen LogP contribution is 2.31. The van der Waals surface area contributed by atoms with E-state index in [0.717, 1.165) is 12.8 Å². The number of sulfonamides is 1. The van der Waals surface area contributed by atoms with Crippen LogP contribution in [0.15, 0.2) is 47.4 Å². The Labute approximate surface area is 163 Å². The van der Waals surface area contributed by atoms with Gasteiger partial charge in [-0.1, -0.05) is 17.7 Å². The quantitative estimate of drug-likeness (QED) is 0.728. The largest absolute Gasteiger partial charge is 0.456 e. The number of ether oxygens (including phenoxy) is 2. The summed E-state index contributed by atoms with van der Waals surface area (Å²) in [6.07, 6.45) is 1.61. The van der Waals surface area contributed by atoms with Gasteiger partial charge in [0.25, 0.3) is 0 Å². The van der Waals surface area contributed by atoms with Gasteiger partial charge in [0.2, 0.25) is 10.0 Å². The van der Waals surface area contributed by atoms with Crippen LogP contribution in [-0.2, 0) is 14.8 Å². The summed E-state index contributed by atoms with van der Waals surface area (Å²) in [5.74, 6) is 0.739. The molecule has 0 N–H and O–H groups in total. The minimum absolute atomic E-state index is 0.138. The lowest BCUT2D eigenvalue weighted by Crippen LogP contribution is -2.38. The third kappa shape index (κ3) is 4.09. The fourth-order valence-corrected chi connectivity index (χ4v) is 5.01. The highest BCUT2D eigenvalue weighted by atomic mass is 35.5. The summed E-state index contributed by atoms with van der Waals surface area (Å²) < 4.78 is 38.1. The molecule has 0 spiro atoms. The Kier molecular flexibility index (Phi) is 6.02. The van der Waals surface area contributed by atoms with Crippen LogP contribution in [0.4, 0.5) is 0 Å². The van der Waals surface area contributed by atoms with Crippen molar-refractivity contribution in [3.05, 3.63) is 53.1 Å². The first kappa shape index (κ1) is 19.6. The molecule has 0 bridgehead atoms. The van der Waals surface area contributed by atoms with Crippen LogP contribution in [0.1, 0.15) is 18.4 Å². The highest BCUT2D eigenvalue weighted by Gasteiger charge is 2.35. The molecule has 0 saturated carbocycles. The van der Waals surface area contributed by atoms with Crippen LogP contribution in [0.3, 0.4) is 0 Å². The van der Waals surface area contributed by atoms with Gasteiger partial charge in [0, 0.05) is 19.7 Å². The average molecular weight is 407 g/mol. The van der Waals surface area contributed by atoms with Gasteiger partial charge in [-0.05, 0) is 49.2 Å². The number of hydrogen-bond acceptors (Lipinski definition) is 5. The molecule has 2 aromatic rings. The summed E-state index contributed by atoms with van der Waals surface area (Å²) in [6.45, 7) is 0.870. The molecule has 1 aliphatic heterocycles. The number of methoxy groups -OCH3 is 1.